The number of aromatic nitrogens is 4. The van der Waals surface area contributed by atoms with Gasteiger partial charge in [0.25, 0.3) is 0 Å². The summed E-state index contributed by atoms with van der Waals surface area (Å²) >= 11 is 0. The first-order chi connectivity index (χ1) is 13.7. The van der Waals surface area contributed by atoms with Gasteiger partial charge in [-0.15, -0.1) is 10.2 Å². The fourth-order valence-electron chi connectivity index (χ4n) is 3.23. The first kappa shape index (κ1) is 18.0. The maximum atomic E-state index is 12.6. The fraction of sp³-hybridized carbons (Fsp3) is 0.300. The van der Waals surface area contributed by atoms with E-state index in [2.05, 4.69) is 20.2 Å². The second-order valence-electron chi connectivity index (χ2n) is 6.59. The molecule has 1 amide bonds. The average molecular weight is 378 g/mol. The van der Waals surface area contributed by atoms with E-state index in [0.29, 0.717) is 25.3 Å². The van der Waals surface area contributed by atoms with Gasteiger partial charge in [-0.05, 0) is 35.9 Å². The summed E-state index contributed by atoms with van der Waals surface area (Å²) in [5.74, 6) is 2.44. The molecule has 0 bridgehead atoms. The first-order valence-corrected chi connectivity index (χ1v) is 9.22. The Morgan fingerprint density at radius 1 is 1.00 bits per heavy atom. The SMILES string of the molecule is COc1ccc(CC(=O)N2CCN(c3ccc(-n4cccn4)nn3)CC2)cc1. The number of piperazine rings is 1. The average Bonchev–Trinajstić information content (AvgIpc) is 3.29. The molecule has 0 unspecified atom stereocenters. The third-order valence-electron chi connectivity index (χ3n) is 4.85. The normalized spacial score (nSPS) is 14.2. The Labute approximate surface area is 163 Å². The Morgan fingerprint density at radius 2 is 1.71 bits per heavy atom. The minimum atomic E-state index is 0.143. The van der Waals surface area contributed by atoms with E-state index in [1.807, 2.05) is 53.6 Å². The Hall–Kier alpha value is -3.42. The van der Waals surface area contributed by atoms with Crippen LogP contribution in [0.5, 0.6) is 5.75 Å². The van der Waals surface area contributed by atoms with Crippen molar-refractivity contribution in [3.05, 3.63) is 60.4 Å². The van der Waals surface area contributed by atoms with E-state index in [9.17, 15) is 4.79 Å². The van der Waals surface area contributed by atoms with Gasteiger partial charge >= 0.3 is 0 Å². The van der Waals surface area contributed by atoms with Gasteiger partial charge in [-0.3, -0.25) is 4.79 Å². The van der Waals surface area contributed by atoms with Crippen LogP contribution in [0.2, 0.25) is 0 Å². The van der Waals surface area contributed by atoms with Crippen LogP contribution >= 0.6 is 0 Å². The van der Waals surface area contributed by atoms with Crippen LogP contribution in [0.4, 0.5) is 5.82 Å². The van der Waals surface area contributed by atoms with Gasteiger partial charge in [-0.1, -0.05) is 12.1 Å². The molecule has 4 rings (SSSR count). The van der Waals surface area contributed by atoms with Crippen molar-refractivity contribution >= 4 is 11.7 Å². The number of amides is 1. The molecule has 0 atom stereocenters. The van der Waals surface area contributed by atoms with Crippen molar-refractivity contribution in [3.63, 3.8) is 0 Å². The van der Waals surface area contributed by atoms with E-state index >= 15 is 0 Å². The second-order valence-corrected chi connectivity index (χ2v) is 6.59. The predicted octanol–water partition coefficient (Wildman–Crippen LogP) is 1.56. The molecule has 2 aromatic heterocycles. The van der Waals surface area contributed by atoms with Crippen molar-refractivity contribution in [1.29, 1.82) is 0 Å². The number of methoxy groups -OCH3 is 1. The molecule has 0 spiro atoms. The molecule has 8 nitrogen and oxygen atoms in total. The molecule has 0 N–H and O–H groups in total. The summed E-state index contributed by atoms with van der Waals surface area (Å²) in [6.07, 6.45) is 3.94. The van der Waals surface area contributed by atoms with E-state index in [0.717, 1.165) is 30.2 Å². The molecule has 0 radical (unpaired) electrons. The third-order valence-corrected chi connectivity index (χ3v) is 4.85. The lowest BCUT2D eigenvalue weighted by atomic mass is 10.1. The van der Waals surface area contributed by atoms with E-state index in [1.165, 1.54) is 0 Å². The number of anilines is 1. The molecule has 8 heteroatoms. The van der Waals surface area contributed by atoms with Crippen LogP contribution in [0.15, 0.2) is 54.9 Å². The molecule has 1 saturated heterocycles. The topological polar surface area (TPSA) is 76.4 Å². The first-order valence-electron chi connectivity index (χ1n) is 9.22. The van der Waals surface area contributed by atoms with Crippen molar-refractivity contribution < 1.29 is 9.53 Å². The lowest BCUT2D eigenvalue weighted by Crippen LogP contribution is -2.49. The summed E-state index contributed by atoms with van der Waals surface area (Å²) in [4.78, 5) is 16.6. The highest BCUT2D eigenvalue weighted by atomic mass is 16.5. The van der Waals surface area contributed by atoms with Gasteiger partial charge in [0.2, 0.25) is 5.91 Å². The number of hydrogen-bond donors (Lipinski definition) is 0. The molecule has 144 valence electrons. The van der Waals surface area contributed by atoms with Gasteiger partial charge in [0, 0.05) is 38.6 Å². The summed E-state index contributed by atoms with van der Waals surface area (Å²) in [7, 11) is 1.63. The number of nitrogens with zero attached hydrogens (tertiary/aromatic N) is 6. The zero-order chi connectivity index (χ0) is 19.3. The second kappa shape index (κ2) is 8.08. The standard InChI is InChI=1S/C20H22N6O2/c1-28-17-5-3-16(4-6-17)15-20(27)25-13-11-24(12-14-25)18-7-8-19(23-22-18)26-10-2-9-21-26/h2-10H,11-15H2,1H3. The monoisotopic (exact) mass is 378 g/mol. The zero-order valence-electron chi connectivity index (χ0n) is 15.7. The Kier molecular flexibility index (Phi) is 5.18. The fourth-order valence-corrected chi connectivity index (χ4v) is 3.23. The summed E-state index contributed by atoms with van der Waals surface area (Å²) < 4.78 is 6.83. The van der Waals surface area contributed by atoms with E-state index in [1.54, 1.807) is 18.0 Å². The smallest absolute Gasteiger partial charge is 0.227 e. The van der Waals surface area contributed by atoms with Gasteiger partial charge in [0.05, 0.1) is 13.5 Å². The maximum Gasteiger partial charge on any atom is 0.227 e. The number of ether oxygens (including phenoxy) is 1. The zero-order valence-corrected chi connectivity index (χ0v) is 15.7. The molecule has 3 heterocycles. The number of benzene rings is 1. The van der Waals surface area contributed by atoms with Crippen molar-refractivity contribution in [1.82, 2.24) is 24.9 Å². The van der Waals surface area contributed by atoms with Crippen LogP contribution in [0, 0.1) is 0 Å². The van der Waals surface area contributed by atoms with Crippen LogP contribution in [-0.4, -0.2) is 64.1 Å². The van der Waals surface area contributed by atoms with Crippen LogP contribution in [-0.2, 0) is 11.2 Å². The lowest BCUT2D eigenvalue weighted by molar-refractivity contribution is -0.130. The van der Waals surface area contributed by atoms with Gasteiger partial charge in [-0.2, -0.15) is 5.10 Å². The molecule has 0 aliphatic carbocycles. The van der Waals surface area contributed by atoms with Crippen LogP contribution in [0.1, 0.15) is 5.56 Å². The molecule has 1 aliphatic heterocycles. The predicted molar refractivity (Wildman–Crippen MR) is 105 cm³/mol. The molecule has 1 fully saturated rings. The molecular formula is C20H22N6O2. The number of carbonyl (C=O) groups excluding carboxylic acids is 1. The van der Waals surface area contributed by atoms with Gasteiger partial charge in [0.1, 0.15) is 5.75 Å². The Bertz CT molecular complexity index is 901. The van der Waals surface area contributed by atoms with E-state index < -0.39 is 0 Å². The van der Waals surface area contributed by atoms with Crippen molar-refractivity contribution in [2.75, 3.05) is 38.2 Å². The van der Waals surface area contributed by atoms with Gasteiger partial charge in [0.15, 0.2) is 11.6 Å². The van der Waals surface area contributed by atoms with Crippen LogP contribution in [0.3, 0.4) is 0 Å². The molecule has 1 aliphatic rings. The van der Waals surface area contributed by atoms with Gasteiger partial charge < -0.3 is 14.5 Å². The molecule has 3 aromatic rings. The van der Waals surface area contributed by atoms with Crippen molar-refractivity contribution in [3.8, 4) is 11.6 Å². The summed E-state index contributed by atoms with van der Waals surface area (Å²) in [6, 6.07) is 13.3. The highest BCUT2D eigenvalue weighted by Gasteiger charge is 2.22. The Morgan fingerprint density at radius 3 is 2.32 bits per heavy atom. The minimum Gasteiger partial charge on any atom is -0.497 e. The summed E-state index contributed by atoms with van der Waals surface area (Å²) in [5, 5.41) is 12.7. The number of hydrogen-bond acceptors (Lipinski definition) is 6. The van der Waals surface area contributed by atoms with Crippen LogP contribution < -0.4 is 9.64 Å². The largest absolute Gasteiger partial charge is 0.497 e. The highest BCUT2D eigenvalue weighted by molar-refractivity contribution is 5.79. The third kappa shape index (κ3) is 3.95. The number of carbonyl (C=O) groups is 1. The van der Waals surface area contributed by atoms with Crippen LogP contribution in [0.25, 0.3) is 5.82 Å². The molecule has 1 aromatic carbocycles. The molecular weight excluding hydrogens is 356 g/mol. The minimum absolute atomic E-state index is 0.143. The van der Waals surface area contributed by atoms with E-state index in [-0.39, 0.29) is 5.91 Å². The maximum absolute atomic E-state index is 12.6. The van der Waals surface area contributed by atoms with Crippen molar-refractivity contribution in [2.24, 2.45) is 0 Å². The van der Waals surface area contributed by atoms with Crippen molar-refractivity contribution in [2.45, 2.75) is 6.42 Å². The lowest BCUT2D eigenvalue weighted by Gasteiger charge is -2.35. The highest BCUT2D eigenvalue weighted by Crippen LogP contribution is 2.16. The Balaban J connectivity index is 1.31. The molecule has 28 heavy (non-hydrogen) atoms. The quantitative estimate of drug-likeness (QED) is 0.671. The molecule has 0 saturated carbocycles. The summed E-state index contributed by atoms with van der Waals surface area (Å²) in [5.41, 5.74) is 0.994. The van der Waals surface area contributed by atoms with E-state index in [4.69, 9.17) is 4.74 Å². The summed E-state index contributed by atoms with van der Waals surface area (Å²) in [6.45, 7) is 2.84. The number of rotatable bonds is 5. The van der Waals surface area contributed by atoms with Gasteiger partial charge in [-0.25, -0.2) is 4.68 Å².